The average molecular weight is 605 g/mol. The van der Waals surface area contributed by atoms with Gasteiger partial charge in [0, 0.05) is 49.8 Å². The molecule has 0 saturated carbocycles. The van der Waals surface area contributed by atoms with Crippen LogP contribution in [0.1, 0.15) is 15.9 Å². The van der Waals surface area contributed by atoms with Crippen molar-refractivity contribution in [3.63, 3.8) is 0 Å². The van der Waals surface area contributed by atoms with Gasteiger partial charge in [0.15, 0.2) is 0 Å². The lowest BCUT2D eigenvalue weighted by molar-refractivity contribution is 0.0951. The molecule has 216 valence electrons. The summed E-state index contributed by atoms with van der Waals surface area (Å²) in [6.07, 6.45) is 0. The number of ether oxygens (including phenoxy) is 1. The Bertz CT molecular complexity index is 1560. The summed E-state index contributed by atoms with van der Waals surface area (Å²) in [6, 6.07) is 27.5. The van der Waals surface area contributed by atoms with E-state index in [1.807, 2.05) is 54.6 Å². The third-order valence-corrected chi connectivity index (χ3v) is 7.76. The first kappa shape index (κ1) is 29.1. The monoisotopic (exact) mass is 603 g/mol. The predicted octanol–water partition coefficient (Wildman–Crippen LogP) is 6.90. The number of methoxy groups -OCH3 is 1. The van der Waals surface area contributed by atoms with Gasteiger partial charge in [0.05, 0.1) is 28.4 Å². The van der Waals surface area contributed by atoms with Gasteiger partial charge in [-0.1, -0.05) is 65.7 Å². The number of rotatable bonds is 8. The molecule has 10 heteroatoms. The van der Waals surface area contributed by atoms with E-state index in [-0.39, 0.29) is 5.91 Å². The van der Waals surface area contributed by atoms with Gasteiger partial charge in [-0.3, -0.25) is 4.79 Å². The maximum Gasteiger partial charge on any atom is 0.323 e. The Morgan fingerprint density at radius 1 is 0.738 bits per heavy atom. The van der Waals surface area contributed by atoms with Crippen LogP contribution in [-0.2, 0) is 6.54 Å². The van der Waals surface area contributed by atoms with Crippen molar-refractivity contribution >= 4 is 57.9 Å². The van der Waals surface area contributed by atoms with Crippen molar-refractivity contribution in [2.45, 2.75) is 6.54 Å². The Labute approximate surface area is 255 Å². The van der Waals surface area contributed by atoms with E-state index in [0.29, 0.717) is 46.6 Å². The van der Waals surface area contributed by atoms with Gasteiger partial charge in [0.1, 0.15) is 5.75 Å². The van der Waals surface area contributed by atoms with E-state index in [1.54, 1.807) is 37.4 Å². The minimum atomic E-state index is -0.470. The summed E-state index contributed by atoms with van der Waals surface area (Å²) in [6.45, 7) is 3.33. The number of hydrogen-bond acceptors (Lipinski definition) is 5. The highest BCUT2D eigenvalue weighted by Crippen LogP contribution is 2.31. The third-order valence-electron chi connectivity index (χ3n) is 7.02. The van der Waals surface area contributed by atoms with Gasteiger partial charge in [-0.25, -0.2) is 4.79 Å². The predicted molar refractivity (Wildman–Crippen MR) is 171 cm³/mol. The molecule has 3 N–H and O–H groups in total. The highest BCUT2D eigenvalue weighted by atomic mass is 35.5. The molecule has 0 radical (unpaired) electrons. The highest BCUT2D eigenvalue weighted by Gasteiger charge is 2.24. The molecule has 4 aromatic carbocycles. The first-order valence-corrected chi connectivity index (χ1v) is 14.3. The molecule has 3 amide bonds. The average Bonchev–Trinajstić information content (AvgIpc) is 3.02. The second-order valence-corrected chi connectivity index (χ2v) is 10.6. The zero-order chi connectivity index (χ0) is 29.5. The normalized spacial score (nSPS) is 12.9. The van der Waals surface area contributed by atoms with E-state index in [9.17, 15) is 9.59 Å². The van der Waals surface area contributed by atoms with E-state index in [1.165, 1.54) is 0 Å². The summed E-state index contributed by atoms with van der Waals surface area (Å²) in [7, 11) is 1.68. The largest absolute Gasteiger partial charge is 0.495 e. The number of amides is 3. The molecule has 0 atom stereocenters. The lowest BCUT2D eigenvalue weighted by Crippen LogP contribution is -2.47. The lowest BCUT2D eigenvalue weighted by atomic mass is 10.1. The van der Waals surface area contributed by atoms with Gasteiger partial charge >= 0.3 is 6.03 Å². The van der Waals surface area contributed by atoms with Crippen LogP contribution in [0.3, 0.4) is 0 Å². The van der Waals surface area contributed by atoms with Crippen molar-refractivity contribution in [2.24, 2.45) is 0 Å². The Hall–Kier alpha value is -4.40. The van der Waals surface area contributed by atoms with Crippen LogP contribution in [0.15, 0.2) is 91.0 Å². The second-order valence-electron chi connectivity index (χ2n) is 9.75. The molecule has 1 saturated heterocycles. The molecule has 0 unspecified atom stereocenters. The van der Waals surface area contributed by atoms with Gasteiger partial charge < -0.3 is 30.5 Å². The molecular weight excluding hydrogens is 573 g/mol. The van der Waals surface area contributed by atoms with Gasteiger partial charge in [-0.15, -0.1) is 0 Å². The molecule has 42 heavy (non-hydrogen) atoms. The molecule has 0 aliphatic carbocycles. The summed E-state index contributed by atoms with van der Waals surface area (Å²) in [4.78, 5) is 30.8. The summed E-state index contributed by atoms with van der Waals surface area (Å²) in [5.41, 5.74) is 4.29. The first-order valence-electron chi connectivity index (χ1n) is 13.5. The van der Waals surface area contributed by atoms with Gasteiger partial charge in [0.2, 0.25) is 0 Å². The van der Waals surface area contributed by atoms with Crippen molar-refractivity contribution in [3.05, 3.63) is 112 Å². The van der Waals surface area contributed by atoms with Crippen molar-refractivity contribution in [2.75, 3.05) is 53.7 Å². The third kappa shape index (κ3) is 7.08. The van der Waals surface area contributed by atoms with E-state index < -0.39 is 6.03 Å². The molecule has 1 fully saturated rings. The van der Waals surface area contributed by atoms with Crippen LogP contribution in [-0.4, -0.2) is 45.2 Å². The highest BCUT2D eigenvalue weighted by molar-refractivity contribution is 6.42. The maximum atomic E-state index is 13.5. The van der Waals surface area contributed by atoms with Crippen LogP contribution in [0.25, 0.3) is 0 Å². The molecule has 5 rings (SSSR count). The number of benzene rings is 4. The zero-order valence-electron chi connectivity index (χ0n) is 23.1. The molecule has 8 nitrogen and oxygen atoms in total. The van der Waals surface area contributed by atoms with Crippen LogP contribution >= 0.6 is 23.2 Å². The molecule has 0 spiro atoms. The number of nitrogens with one attached hydrogen (secondary N) is 3. The minimum absolute atomic E-state index is 0.227. The molecule has 0 bridgehead atoms. The molecule has 1 heterocycles. The number of halogens is 2. The summed E-state index contributed by atoms with van der Waals surface area (Å²) in [5.74, 6) is 0.607. The molecule has 1 aliphatic heterocycles. The smallest absolute Gasteiger partial charge is 0.323 e. The fourth-order valence-electron chi connectivity index (χ4n) is 4.89. The standard InChI is InChI=1S/C32H31Cl2N5O3/c1-42-30-10-6-5-9-29(30)39-17-15-38(16-18-39)28-14-12-23(36-32(41)37-24-11-13-26(33)27(34)20-24)19-25(28)31(40)35-21-22-7-3-2-4-8-22/h2-14,19-20H,15-18,21H2,1H3,(H,35,40)(H2,36,37,41). The van der Waals surface area contributed by atoms with Gasteiger partial charge in [-0.05, 0) is 54.1 Å². The van der Waals surface area contributed by atoms with Crippen molar-refractivity contribution in [1.29, 1.82) is 0 Å². The molecule has 0 aromatic heterocycles. The quantitative estimate of drug-likeness (QED) is 0.204. The number of piperazine rings is 1. The fourth-order valence-corrected chi connectivity index (χ4v) is 5.19. The van der Waals surface area contributed by atoms with Crippen LogP contribution in [0.2, 0.25) is 10.0 Å². The SMILES string of the molecule is COc1ccccc1N1CCN(c2ccc(NC(=O)Nc3ccc(Cl)c(Cl)c3)cc2C(=O)NCc2ccccc2)CC1. The van der Waals surface area contributed by atoms with Gasteiger partial charge in [-0.2, -0.15) is 0 Å². The Morgan fingerprint density at radius 2 is 1.36 bits per heavy atom. The van der Waals surface area contributed by atoms with Crippen molar-refractivity contribution in [3.8, 4) is 5.75 Å². The lowest BCUT2D eigenvalue weighted by Gasteiger charge is -2.38. The van der Waals surface area contributed by atoms with E-state index in [2.05, 4.69) is 31.8 Å². The van der Waals surface area contributed by atoms with Crippen LogP contribution in [0, 0.1) is 0 Å². The minimum Gasteiger partial charge on any atom is -0.495 e. The van der Waals surface area contributed by atoms with Crippen molar-refractivity contribution in [1.82, 2.24) is 5.32 Å². The van der Waals surface area contributed by atoms with Crippen LogP contribution < -0.4 is 30.5 Å². The topological polar surface area (TPSA) is 85.9 Å². The Morgan fingerprint density at radius 3 is 2.05 bits per heavy atom. The van der Waals surface area contributed by atoms with Crippen LogP contribution in [0.4, 0.5) is 27.5 Å². The number of urea groups is 1. The molecule has 4 aromatic rings. The van der Waals surface area contributed by atoms with Crippen LogP contribution in [0.5, 0.6) is 5.75 Å². The molecular formula is C32H31Cl2N5O3. The van der Waals surface area contributed by atoms with Gasteiger partial charge in [0.25, 0.3) is 5.91 Å². The Kier molecular flexibility index (Phi) is 9.36. The fraction of sp³-hybridized carbons (Fsp3) is 0.188. The number of nitrogens with zero attached hydrogens (tertiary/aromatic N) is 2. The number of carbonyl (C=O) groups is 2. The van der Waals surface area contributed by atoms with E-state index in [4.69, 9.17) is 27.9 Å². The zero-order valence-corrected chi connectivity index (χ0v) is 24.6. The first-order chi connectivity index (χ1) is 20.4. The van der Waals surface area contributed by atoms with Crippen molar-refractivity contribution < 1.29 is 14.3 Å². The Balaban J connectivity index is 1.33. The number of carbonyl (C=O) groups excluding carboxylic acids is 2. The van der Waals surface area contributed by atoms with E-state index >= 15 is 0 Å². The summed E-state index contributed by atoms with van der Waals surface area (Å²) < 4.78 is 5.56. The molecule has 1 aliphatic rings. The summed E-state index contributed by atoms with van der Waals surface area (Å²) >= 11 is 12.1. The number of anilines is 4. The maximum absolute atomic E-state index is 13.5. The summed E-state index contributed by atoms with van der Waals surface area (Å²) in [5, 5.41) is 9.32. The number of para-hydroxylation sites is 2. The number of hydrogen-bond donors (Lipinski definition) is 3. The second kappa shape index (κ2) is 13.5. The van der Waals surface area contributed by atoms with E-state index in [0.717, 1.165) is 35.8 Å².